The summed E-state index contributed by atoms with van der Waals surface area (Å²) in [5.41, 5.74) is 1.80. The molecule has 4 rings (SSSR count). The van der Waals surface area contributed by atoms with Gasteiger partial charge in [0.05, 0.1) is 28.9 Å². The maximum Gasteiger partial charge on any atom is 0.269 e. The summed E-state index contributed by atoms with van der Waals surface area (Å²) in [7, 11) is 0. The smallest absolute Gasteiger partial charge is 0.269 e. The van der Waals surface area contributed by atoms with Crippen LogP contribution in [0.5, 0.6) is 0 Å². The lowest BCUT2D eigenvalue weighted by atomic mass is 10.1. The highest BCUT2D eigenvalue weighted by atomic mass is 16.6. The molecule has 0 spiro atoms. The van der Waals surface area contributed by atoms with Crippen LogP contribution in [0.15, 0.2) is 48.5 Å². The van der Waals surface area contributed by atoms with Crippen LogP contribution in [0.1, 0.15) is 25.7 Å². The topological polar surface area (TPSA) is 73.4 Å². The van der Waals surface area contributed by atoms with E-state index in [0.717, 1.165) is 35.4 Å². The molecule has 0 bridgehead atoms. The van der Waals surface area contributed by atoms with Gasteiger partial charge >= 0.3 is 0 Å². The number of aromatic nitrogens is 2. The van der Waals surface area contributed by atoms with Gasteiger partial charge in [-0.1, -0.05) is 12.1 Å². The van der Waals surface area contributed by atoms with Crippen molar-refractivity contribution in [1.29, 1.82) is 0 Å². The quantitative estimate of drug-likeness (QED) is 0.582. The predicted molar refractivity (Wildman–Crippen MR) is 100 cm³/mol. The Morgan fingerprint density at radius 2 is 1.58 bits per heavy atom. The molecular formula is C20H21N4O2+. The first-order chi connectivity index (χ1) is 12.7. The zero-order valence-electron chi connectivity index (χ0n) is 14.5. The Bertz CT molecular complexity index is 932. The van der Waals surface area contributed by atoms with E-state index in [-0.39, 0.29) is 5.69 Å². The van der Waals surface area contributed by atoms with Crippen molar-refractivity contribution in [3.63, 3.8) is 0 Å². The number of benzene rings is 2. The van der Waals surface area contributed by atoms with Gasteiger partial charge in [-0.05, 0) is 49.9 Å². The van der Waals surface area contributed by atoms with Gasteiger partial charge in [0.25, 0.3) is 5.69 Å². The zero-order valence-corrected chi connectivity index (χ0v) is 14.5. The van der Waals surface area contributed by atoms with Crippen LogP contribution in [0, 0.1) is 10.1 Å². The summed E-state index contributed by atoms with van der Waals surface area (Å²) in [4.78, 5) is 21.5. The molecule has 0 saturated carbocycles. The third kappa shape index (κ3) is 3.28. The maximum absolute atomic E-state index is 10.9. The van der Waals surface area contributed by atoms with E-state index in [2.05, 4.69) is 6.07 Å². The summed E-state index contributed by atoms with van der Waals surface area (Å²) in [6.07, 6.45) is 4.98. The van der Waals surface area contributed by atoms with Crippen LogP contribution in [0.2, 0.25) is 0 Å². The molecule has 0 aliphatic carbocycles. The number of hydrogen-bond donors (Lipinski definition) is 1. The van der Waals surface area contributed by atoms with Crippen LogP contribution in [0.3, 0.4) is 0 Å². The van der Waals surface area contributed by atoms with E-state index in [1.165, 1.54) is 42.7 Å². The van der Waals surface area contributed by atoms with Crippen LogP contribution in [0.25, 0.3) is 22.3 Å². The fourth-order valence-electron chi connectivity index (χ4n) is 3.60. The summed E-state index contributed by atoms with van der Waals surface area (Å²) in [5, 5.41) is 12.0. The number of rotatable bonds is 3. The summed E-state index contributed by atoms with van der Waals surface area (Å²) in [5.74, 6) is 1.68. The van der Waals surface area contributed by atoms with E-state index in [9.17, 15) is 10.1 Å². The molecule has 1 fully saturated rings. The molecule has 6 heteroatoms. The second kappa shape index (κ2) is 7.17. The second-order valence-electron chi connectivity index (χ2n) is 6.73. The van der Waals surface area contributed by atoms with E-state index in [4.69, 9.17) is 9.97 Å². The Labute approximate surface area is 151 Å². The minimum atomic E-state index is -0.391. The number of nitrogens with zero attached hydrogens (tertiary/aromatic N) is 3. The Kier molecular flexibility index (Phi) is 4.58. The molecule has 26 heavy (non-hydrogen) atoms. The third-order valence-electron chi connectivity index (χ3n) is 4.98. The van der Waals surface area contributed by atoms with Gasteiger partial charge < -0.3 is 0 Å². The van der Waals surface area contributed by atoms with Gasteiger partial charge in [-0.15, -0.1) is 0 Å². The minimum Gasteiger partial charge on any atom is -0.285 e. The van der Waals surface area contributed by atoms with Gasteiger partial charge in [0.1, 0.15) is 0 Å². The van der Waals surface area contributed by atoms with Gasteiger partial charge in [0.2, 0.25) is 5.82 Å². The molecule has 0 radical (unpaired) electrons. The zero-order chi connectivity index (χ0) is 17.9. The van der Waals surface area contributed by atoms with Gasteiger partial charge in [-0.25, -0.2) is 4.98 Å². The van der Waals surface area contributed by atoms with Crippen molar-refractivity contribution in [2.75, 3.05) is 13.1 Å². The van der Waals surface area contributed by atoms with Crippen molar-refractivity contribution >= 4 is 22.4 Å². The highest BCUT2D eigenvalue weighted by molar-refractivity contribution is 5.87. The predicted octanol–water partition coefficient (Wildman–Crippen LogP) is 3.30. The Morgan fingerprint density at radius 1 is 0.885 bits per heavy atom. The minimum absolute atomic E-state index is 0.0768. The number of quaternary nitrogens is 1. The van der Waals surface area contributed by atoms with E-state index in [0.29, 0.717) is 5.82 Å². The van der Waals surface area contributed by atoms with Crippen molar-refractivity contribution in [3.8, 4) is 11.4 Å². The molecule has 0 atom stereocenters. The lowest BCUT2D eigenvalue weighted by Gasteiger charge is -2.17. The van der Waals surface area contributed by atoms with Gasteiger partial charge in [-0.2, -0.15) is 4.98 Å². The summed E-state index contributed by atoms with van der Waals surface area (Å²) in [6.45, 7) is 2.17. The average molecular weight is 349 g/mol. The highest BCUT2D eigenvalue weighted by Crippen LogP contribution is 2.24. The van der Waals surface area contributed by atoms with Crippen LogP contribution >= 0.6 is 0 Å². The first kappa shape index (κ1) is 16.6. The second-order valence-corrected chi connectivity index (χ2v) is 6.73. The largest absolute Gasteiger partial charge is 0.285 e. The molecule has 1 N–H and O–H groups in total. The number of non-ortho nitro benzene ring substituents is 1. The Balaban J connectivity index is 1.81. The standard InChI is InChI=1S/C20H20N4O2/c25-24(26)16-11-9-15(10-12-16)19-21-18-8-4-3-7-17(18)20(22-19)23-13-5-1-2-6-14-23/h3-4,7-12H,1-2,5-6,13-14H2/p+1. The molecular weight excluding hydrogens is 328 g/mol. The van der Waals surface area contributed by atoms with Gasteiger partial charge in [0.15, 0.2) is 5.82 Å². The van der Waals surface area contributed by atoms with Crippen molar-refractivity contribution in [3.05, 3.63) is 58.6 Å². The van der Waals surface area contributed by atoms with Gasteiger partial charge in [-0.3, -0.25) is 15.0 Å². The Hall–Kier alpha value is -2.86. The first-order valence-electron chi connectivity index (χ1n) is 9.09. The first-order valence-corrected chi connectivity index (χ1v) is 9.09. The van der Waals surface area contributed by atoms with Crippen molar-refractivity contribution in [1.82, 2.24) is 9.97 Å². The number of nitro benzene ring substituents is 1. The fourth-order valence-corrected chi connectivity index (χ4v) is 3.60. The normalized spacial score (nSPS) is 15.7. The molecule has 1 saturated heterocycles. The number of nitro groups is 1. The Morgan fingerprint density at radius 3 is 2.27 bits per heavy atom. The fraction of sp³-hybridized carbons (Fsp3) is 0.300. The number of para-hydroxylation sites is 1. The highest BCUT2D eigenvalue weighted by Gasteiger charge is 2.21. The summed E-state index contributed by atoms with van der Waals surface area (Å²) in [6, 6.07) is 14.6. The molecule has 1 aromatic heterocycles. The average Bonchev–Trinajstić information content (AvgIpc) is 2.96. The molecule has 1 aliphatic heterocycles. The summed E-state index contributed by atoms with van der Waals surface area (Å²) >= 11 is 0. The molecule has 1 aliphatic rings. The van der Waals surface area contributed by atoms with Crippen LogP contribution in [-0.4, -0.2) is 28.0 Å². The van der Waals surface area contributed by atoms with E-state index >= 15 is 0 Å². The lowest BCUT2D eigenvalue weighted by Crippen LogP contribution is -3.07. The van der Waals surface area contributed by atoms with E-state index in [1.807, 2.05) is 18.2 Å². The molecule has 6 nitrogen and oxygen atoms in total. The maximum atomic E-state index is 10.9. The van der Waals surface area contributed by atoms with Crippen LogP contribution in [0.4, 0.5) is 11.5 Å². The number of nitrogens with one attached hydrogen (secondary N) is 1. The van der Waals surface area contributed by atoms with Crippen molar-refractivity contribution < 1.29 is 9.82 Å². The monoisotopic (exact) mass is 349 g/mol. The summed E-state index contributed by atoms with van der Waals surface area (Å²) < 4.78 is 0. The SMILES string of the molecule is O=[N+]([O-])c1ccc(-c2nc([NH+]3CCCCCC3)c3ccccc3n2)cc1. The van der Waals surface area contributed by atoms with Crippen molar-refractivity contribution in [2.45, 2.75) is 25.7 Å². The van der Waals surface area contributed by atoms with E-state index < -0.39 is 4.92 Å². The van der Waals surface area contributed by atoms with Crippen LogP contribution < -0.4 is 4.90 Å². The molecule has 2 heterocycles. The van der Waals surface area contributed by atoms with Crippen LogP contribution in [-0.2, 0) is 0 Å². The van der Waals surface area contributed by atoms with E-state index in [1.54, 1.807) is 12.1 Å². The number of fused-ring (bicyclic) bond motifs is 1. The molecule has 132 valence electrons. The molecule has 2 aromatic carbocycles. The third-order valence-corrected chi connectivity index (χ3v) is 4.98. The molecule has 0 unspecified atom stereocenters. The number of hydrogen-bond acceptors (Lipinski definition) is 4. The van der Waals surface area contributed by atoms with Crippen molar-refractivity contribution in [2.24, 2.45) is 0 Å². The lowest BCUT2D eigenvalue weighted by molar-refractivity contribution is -0.833. The van der Waals surface area contributed by atoms with Gasteiger partial charge in [0, 0.05) is 17.7 Å². The molecule has 3 aromatic rings. The molecule has 0 amide bonds.